The van der Waals surface area contributed by atoms with Crippen LogP contribution in [0.15, 0.2) is 11.4 Å². The summed E-state index contributed by atoms with van der Waals surface area (Å²) < 4.78 is 0. The molecule has 15 heavy (non-hydrogen) atoms. The van der Waals surface area contributed by atoms with E-state index in [1.54, 1.807) is 16.7 Å². The first-order chi connectivity index (χ1) is 7.25. The van der Waals surface area contributed by atoms with E-state index < -0.39 is 5.97 Å². The minimum atomic E-state index is -0.804. The van der Waals surface area contributed by atoms with Crippen LogP contribution >= 0.6 is 11.3 Å². The van der Waals surface area contributed by atoms with Crippen LogP contribution in [0.4, 0.5) is 0 Å². The highest BCUT2D eigenvalue weighted by molar-refractivity contribution is 7.10. The molecule has 1 fully saturated rings. The highest BCUT2D eigenvalue weighted by Crippen LogP contribution is 2.28. The monoisotopic (exact) mass is 224 g/mol. The van der Waals surface area contributed by atoms with Crippen LogP contribution in [-0.2, 0) is 6.42 Å². The topological polar surface area (TPSA) is 37.3 Å². The lowest BCUT2D eigenvalue weighted by Gasteiger charge is -2.20. The Morgan fingerprint density at radius 1 is 1.40 bits per heavy atom. The van der Waals surface area contributed by atoms with Gasteiger partial charge in [0.25, 0.3) is 0 Å². The number of aromatic carboxylic acids is 1. The molecule has 1 N–H and O–H groups in total. The molecule has 82 valence electrons. The summed E-state index contributed by atoms with van der Waals surface area (Å²) in [7, 11) is 0. The maximum Gasteiger partial charge on any atom is 0.336 e. The van der Waals surface area contributed by atoms with Gasteiger partial charge in [-0.3, -0.25) is 0 Å². The summed E-state index contributed by atoms with van der Waals surface area (Å²) in [6.45, 7) is 0. The van der Waals surface area contributed by atoms with Crippen molar-refractivity contribution >= 4 is 17.3 Å². The van der Waals surface area contributed by atoms with E-state index in [4.69, 9.17) is 5.11 Å². The number of carboxylic acid groups (broad SMARTS) is 1. The number of carboxylic acids is 1. The summed E-state index contributed by atoms with van der Waals surface area (Å²) in [5.74, 6) is -0.0137. The molecular weight excluding hydrogens is 208 g/mol. The second kappa shape index (κ2) is 4.79. The van der Waals surface area contributed by atoms with Crippen molar-refractivity contribution in [3.05, 3.63) is 21.9 Å². The average Bonchev–Trinajstić information content (AvgIpc) is 2.68. The predicted octanol–water partition coefficient (Wildman–Crippen LogP) is 3.57. The predicted molar refractivity (Wildman–Crippen MR) is 61.6 cm³/mol. The Kier molecular flexibility index (Phi) is 3.41. The molecule has 1 aromatic heterocycles. The van der Waals surface area contributed by atoms with Crippen LogP contribution in [0, 0.1) is 5.92 Å². The van der Waals surface area contributed by atoms with Crippen LogP contribution in [-0.4, -0.2) is 11.1 Å². The zero-order valence-electron chi connectivity index (χ0n) is 8.74. The maximum absolute atomic E-state index is 10.7. The van der Waals surface area contributed by atoms with Crippen molar-refractivity contribution in [2.45, 2.75) is 38.5 Å². The Hall–Kier alpha value is -0.830. The summed E-state index contributed by atoms with van der Waals surface area (Å²) in [6.07, 6.45) is 7.80. The molecule has 3 heteroatoms. The normalized spacial score (nSPS) is 17.9. The molecule has 0 aromatic carbocycles. The molecule has 2 nitrogen and oxygen atoms in total. The Morgan fingerprint density at radius 2 is 2.13 bits per heavy atom. The van der Waals surface area contributed by atoms with E-state index in [0.29, 0.717) is 5.56 Å². The molecule has 0 aliphatic heterocycles. The number of carbonyl (C=O) groups is 1. The van der Waals surface area contributed by atoms with E-state index in [-0.39, 0.29) is 0 Å². The standard InChI is InChI=1S/C12H16O2S/c13-12(14)10-7-11(15-8-10)6-9-4-2-1-3-5-9/h7-9H,1-6H2,(H,13,14). The lowest BCUT2D eigenvalue weighted by Crippen LogP contribution is -2.08. The average molecular weight is 224 g/mol. The Labute approximate surface area is 93.9 Å². The maximum atomic E-state index is 10.7. The zero-order valence-corrected chi connectivity index (χ0v) is 9.55. The van der Waals surface area contributed by atoms with E-state index in [9.17, 15) is 4.79 Å². The smallest absolute Gasteiger partial charge is 0.336 e. The summed E-state index contributed by atoms with van der Waals surface area (Å²) in [4.78, 5) is 11.9. The third-order valence-corrected chi connectivity index (χ3v) is 4.07. The third-order valence-electron chi connectivity index (χ3n) is 3.12. The fraction of sp³-hybridized carbons (Fsp3) is 0.583. The second-order valence-electron chi connectivity index (χ2n) is 4.32. The summed E-state index contributed by atoms with van der Waals surface area (Å²) in [5, 5.41) is 10.6. The lowest BCUT2D eigenvalue weighted by molar-refractivity contribution is 0.0697. The fourth-order valence-electron chi connectivity index (χ4n) is 2.28. The van der Waals surface area contributed by atoms with Gasteiger partial charge in [0, 0.05) is 10.3 Å². The quantitative estimate of drug-likeness (QED) is 0.852. The van der Waals surface area contributed by atoms with Crippen LogP contribution in [0.5, 0.6) is 0 Å². The first-order valence-corrected chi connectivity index (χ1v) is 6.44. The first kappa shape index (κ1) is 10.7. The van der Waals surface area contributed by atoms with Crippen LogP contribution < -0.4 is 0 Å². The highest BCUT2D eigenvalue weighted by Gasteiger charge is 2.15. The van der Waals surface area contributed by atoms with E-state index in [2.05, 4.69) is 0 Å². The Balaban J connectivity index is 1.94. The van der Waals surface area contributed by atoms with Gasteiger partial charge in [0.1, 0.15) is 0 Å². The van der Waals surface area contributed by atoms with Crippen LogP contribution in [0.3, 0.4) is 0 Å². The van der Waals surface area contributed by atoms with Gasteiger partial charge in [-0.15, -0.1) is 11.3 Å². The molecule has 0 saturated heterocycles. The van der Waals surface area contributed by atoms with Crippen molar-refractivity contribution in [3.63, 3.8) is 0 Å². The van der Waals surface area contributed by atoms with Crippen molar-refractivity contribution in [3.8, 4) is 0 Å². The number of hydrogen-bond acceptors (Lipinski definition) is 2. The molecule has 0 atom stereocenters. The molecule has 1 aliphatic rings. The second-order valence-corrected chi connectivity index (χ2v) is 5.31. The molecule has 0 bridgehead atoms. The number of hydrogen-bond donors (Lipinski definition) is 1. The minimum Gasteiger partial charge on any atom is -0.478 e. The third kappa shape index (κ3) is 2.81. The van der Waals surface area contributed by atoms with E-state index >= 15 is 0 Å². The number of thiophene rings is 1. The lowest BCUT2D eigenvalue weighted by atomic mass is 9.86. The zero-order chi connectivity index (χ0) is 10.7. The van der Waals surface area contributed by atoms with E-state index in [1.165, 1.54) is 37.0 Å². The van der Waals surface area contributed by atoms with Crippen molar-refractivity contribution < 1.29 is 9.90 Å². The van der Waals surface area contributed by atoms with Gasteiger partial charge in [-0.1, -0.05) is 32.1 Å². The number of rotatable bonds is 3. The van der Waals surface area contributed by atoms with Gasteiger partial charge < -0.3 is 5.11 Å². The van der Waals surface area contributed by atoms with Crippen LogP contribution in [0.2, 0.25) is 0 Å². The van der Waals surface area contributed by atoms with Gasteiger partial charge in [-0.05, 0) is 18.4 Å². The van der Waals surface area contributed by atoms with Gasteiger partial charge in [-0.25, -0.2) is 4.79 Å². The molecule has 0 spiro atoms. The van der Waals surface area contributed by atoms with E-state index in [0.717, 1.165) is 12.3 Å². The molecular formula is C12H16O2S. The summed E-state index contributed by atoms with van der Waals surface area (Å²) in [6, 6.07) is 1.83. The molecule has 2 rings (SSSR count). The van der Waals surface area contributed by atoms with Gasteiger partial charge in [0.05, 0.1) is 5.56 Å². The van der Waals surface area contributed by atoms with Crippen LogP contribution in [0.1, 0.15) is 47.3 Å². The van der Waals surface area contributed by atoms with Crippen molar-refractivity contribution in [2.24, 2.45) is 5.92 Å². The van der Waals surface area contributed by atoms with Gasteiger partial charge in [0.15, 0.2) is 0 Å². The fourth-order valence-corrected chi connectivity index (χ4v) is 3.25. The molecule has 1 heterocycles. The van der Waals surface area contributed by atoms with Gasteiger partial charge in [0.2, 0.25) is 0 Å². The van der Waals surface area contributed by atoms with Gasteiger partial charge >= 0.3 is 5.97 Å². The molecule has 1 aliphatic carbocycles. The van der Waals surface area contributed by atoms with Crippen molar-refractivity contribution in [2.75, 3.05) is 0 Å². The van der Waals surface area contributed by atoms with Gasteiger partial charge in [-0.2, -0.15) is 0 Å². The highest BCUT2D eigenvalue weighted by atomic mass is 32.1. The van der Waals surface area contributed by atoms with Crippen LogP contribution in [0.25, 0.3) is 0 Å². The minimum absolute atomic E-state index is 0.450. The first-order valence-electron chi connectivity index (χ1n) is 5.56. The molecule has 1 aromatic rings. The Bertz CT molecular complexity index is 337. The summed E-state index contributed by atoms with van der Waals surface area (Å²) in [5.41, 5.74) is 0.450. The molecule has 0 radical (unpaired) electrons. The van der Waals surface area contributed by atoms with Crippen molar-refractivity contribution in [1.82, 2.24) is 0 Å². The molecule has 1 saturated carbocycles. The van der Waals surface area contributed by atoms with Crippen molar-refractivity contribution in [1.29, 1.82) is 0 Å². The Morgan fingerprint density at radius 3 is 2.73 bits per heavy atom. The molecule has 0 amide bonds. The largest absolute Gasteiger partial charge is 0.478 e. The SMILES string of the molecule is O=C(O)c1csc(CC2CCCCC2)c1. The van der Waals surface area contributed by atoms with E-state index in [1.807, 2.05) is 6.07 Å². The summed E-state index contributed by atoms with van der Waals surface area (Å²) >= 11 is 1.59. The molecule has 0 unspecified atom stereocenters.